The van der Waals surface area contributed by atoms with E-state index in [4.69, 9.17) is 14.7 Å². The van der Waals surface area contributed by atoms with Crippen LogP contribution >= 0.6 is 15.9 Å². The van der Waals surface area contributed by atoms with Gasteiger partial charge in [0.1, 0.15) is 11.5 Å². The maximum Gasteiger partial charge on any atom is 0.134 e. The fourth-order valence-electron chi connectivity index (χ4n) is 1.38. The predicted molar refractivity (Wildman–Crippen MR) is 71.1 cm³/mol. The van der Waals surface area contributed by atoms with Gasteiger partial charge in [-0.3, -0.25) is 0 Å². The van der Waals surface area contributed by atoms with Crippen LogP contribution in [0, 0.1) is 11.3 Å². The average molecular weight is 296 g/mol. The Morgan fingerprint density at radius 1 is 1.24 bits per heavy atom. The van der Waals surface area contributed by atoms with Gasteiger partial charge in [-0.1, -0.05) is 0 Å². The van der Waals surface area contributed by atoms with Crippen molar-refractivity contribution in [2.75, 3.05) is 13.2 Å². The number of benzene rings is 1. The highest BCUT2D eigenvalue weighted by Crippen LogP contribution is 2.36. The van der Waals surface area contributed by atoms with Crippen LogP contribution in [0.1, 0.15) is 19.4 Å². The quantitative estimate of drug-likeness (QED) is 0.776. The Labute approximate surface area is 110 Å². The zero-order valence-corrected chi connectivity index (χ0v) is 11.5. The standard InChI is InChI=1S/C13H14BrNO2/c1-3-16-11-7-8-12(17-4-2)13(14)10(11)6-5-9-15/h5-8H,3-4H2,1-2H3. The summed E-state index contributed by atoms with van der Waals surface area (Å²) in [5, 5.41) is 8.59. The third kappa shape index (κ3) is 3.50. The van der Waals surface area contributed by atoms with Crippen molar-refractivity contribution >= 4 is 22.0 Å². The van der Waals surface area contributed by atoms with Gasteiger partial charge in [0.25, 0.3) is 0 Å². The Kier molecular flexibility index (Phi) is 5.58. The summed E-state index contributed by atoms with van der Waals surface area (Å²) >= 11 is 3.47. The summed E-state index contributed by atoms with van der Waals surface area (Å²) < 4.78 is 11.8. The van der Waals surface area contributed by atoms with Crippen LogP contribution in [0.4, 0.5) is 0 Å². The number of halogens is 1. The van der Waals surface area contributed by atoms with E-state index in [1.165, 1.54) is 6.08 Å². The van der Waals surface area contributed by atoms with E-state index in [-0.39, 0.29) is 0 Å². The lowest BCUT2D eigenvalue weighted by atomic mass is 10.1. The maximum absolute atomic E-state index is 8.59. The van der Waals surface area contributed by atoms with Gasteiger partial charge in [-0.2, -0.15) is 5.26 Å². The number of allylic oxidation sites excluding steroid dienone is 1. The molecule has 0 aliphatic rings. The van der Waals surface area contributed by atoms with Crippen LogP contribution in [-0.4, -0.2) is 13.2 Å². The maximum atomic E-state index is 8.59. The molecular formula is C13H14BrNO2. The molecule has 0 unspecified atom stereocenters. The van der Waals surface area contributed by atoms with E-state index in [1.807, 2.05) is 32.0 Å². The van der Waals surface area contributed by atoms with Gasteiger partial charge in [-0.25, -0.2) is 0 Å². The largest absolute Gasteiger partial charge is 0.493 e. The van der Waals surface area contributed by atoms with Gasteiger partial charge in [0.05, 0.1) is 23.8 Å². The molecule has 0 N–H and O–H groups in total. The molecule has 90 valence electrons. The summed E-state index contributed by atoms with van der Waals surface area (Å²) in [5.74, 6) is 1.47. The lowest BCUT2D eigenvalue weighted by molar-refractivity contribution is 0.328. The first-order valence-electron chi connectivity index (χ1n) is 5.38. The van der Waals surface area contributed by atoms with Crippen molar-refractivity contribution in [3.05, 3.63) is 28.2 Å². The van der Waals surface area contributed by atoms with E-state index in [0.29, 0.717) is 13.2 Å². The van der Waals surface area contributed by atoms with Gasteiger partial charge >= 0.3 is 0 Å². The zero-order valence-electron chi connectivity index (χ0n) is 9.87. The summed E-state index contributed by atoms with van der Waals surface area (Å²) in [7, 11) is 0. The van der Waals surface area contributed by atoms with Gasteiger partial charge in [0, 0.05) is 11.6 Å². The second-order valence-corrected chi connectivity index (χ2v) is 3.91. The number of nitriles is 1. The lowest BCUT2D eigenvalue weighted by Crippen LogP contribution is -1.98. The summed E-state index contributed by atoms with van der Waals surface area (Å²) in [4.78, 5) is 0. The van der Waals surface area contributed by atoms with Gasteiger partial charge < -0.3 is 9.47 Å². The van der Waals surface area contributed by atoms with Crippen molar-refractivity contribution in [1.29, 1.82) is 5.26 Å². The summed E-state index contributed by atoms with van der Waals surface area (Å²) in [6, 6.07) is 5.66. The molecular weight excluding hydrogens is 282 g/mol. The highest BCUT2D eigenvalue weighted by molar-refractivity contribution is 9.10. The number of ether oxygens (including phenoxy) is 2. The first-order chi connectivity index (χ1) is 8.24. The van der Waals surface area contributed by atoms with Gasteiger partial charge in [-0.05, 0) is 48.0 Å². The monoisotopic (exact) mass is 295 g/mol. The molecule has 4 heteroatoms. The van der Waals surface area contributed by atoms with Crippen molar-refractivity contribution in [3.8, 4) is 17.6 Å². The first-order valence-corrected chi connectivity index (χ1v) is 6.18. The van der Waals surface area contributed by atoms with E-state index in [9.17, 15) is 0 Å². The molecule has 0 aliphatic carbocycles. The Bertz CT molecular complexity index is 449. The number of hydrogen-bond donors (Lipinski definition) is 0. The molecule has 0 fully saturated rings. The van der Waals surface area contributed by atoms with E-state index < -0.39 is 0 Å². The molecule has 0 bridgehead atoms. The lowest BCUT2D eigenvalue weighted by Gasteiger charge is -2.12. The van der Waals surface area contributed by atoms with Crippen molar-refractivity contribution in [3.63, 3.8) is 0 Å². The molecule has 0 aromatic heterocycles. The fourth-order valence-corrected chi connectivity index (χ4v) is 1.95. The zero-order chi connectivity index (χ0) is 12.7. The molecule has 0 spiro atoms. The highest BCUT2D eigenvalue weighted by atomic mass is 79.9. The Morgan fingerprint density at radius 2 is 1.82 bits per heavy atom. The molecule has 0 atom stereocenters. The minimum atomic E-state index is 0.577. The third-order valence-corrected chi connectivity index (χ3v) is 2.85. The molecule has 0 saturated heterocycles. The smallest absolute Gasteiger partial charge is 0.134 e. The van der Waals surface area contributed by atoms with Crippen molar-refractivity contribution in [2.24, 2.45) is 0 Å². The second kappa shape index (κ2) is 6.97. The summed E-state index contributed by atoms with van der Waals surface area (Å²) in [6.07, 6.45) is 3.12. The van der Waals surface area contributed by atoms with Crippen LogP contribution in [-0.2, 0) is 0 Å². The van der Waals surface area contributed by atoms with Gasteiger partial charge in [0.15, 0.2) is 0 Å². The predicted octanol–water partition coefficient (Wildman–Crippen LogP) is 3.78. The van der Waals surface area contributed by atoms with Crippen molar-refractivity contribution in [1.82, 2.24) is 0 Å². The molecule has 1 rings (SSSR count). The Morgan fingerprint density at radius 3 is 2.41 bits per heavy atom. The van der Waals surface area contributed by atoms with Gasteiger partial charge in [-0.15, -0.1) is 0 Å². The number of hydrogen-bond acceptors (Lipinski definition) is 3. The average Bonchev–Trinajstić information content (AvgIpc) is 2.33. The second-order valence-electron chi connectivity index (χ2n) is 3.12. The van der Waals surface area contributed by atoms with Crippen LogP contribution in [0.2, 0.25) is 0 Å². The van der Waals surface area contributed by atoms with Gasteiger partial charge in [0.2, 0.25) is 0 Å². The van der Waals surface area contributed by atoms with Crippen LogP contribution < -0.4 is 9.47 Å². The molecule has 0 aliphatic heterocycles. The number of nitrogens with zero attached hydrogens (tertiary/aromatic N) is 1. The molecule has 1 aromatic rings. The van der Waals surface area contributed by atoms with Crippen LogP contribution in [0.3, 0.4) is 0 Å². The molecule has 0 heterocycles. The van der Waals surface area contributed by atoms with E-state index in [2.05, 4.69) is 15.9 Å². The topological polar surface area (TPSA) is 42.2 Å². The van der Waals surface area contributed by atoms with Crippen LogP contribution in [0.25, 0.3) is 6.08 Å². The normalized spacial score (nSPS) is 10.2. The van der Waals surface area contributed by atoms with E-state index >= 15 is 0 Å². The first kappa shape index (κ1) is 13.6. The summed E-state index contributed by atoms with van der Waals surface area (Å²) in [6.45, 7) is 5.01. The highest BCUT2D eigenvalue weighted by Gasteiger charge is 2.10. The minimum absolute atomic E-state index is 0.577. The Hall–Kier alpha value is -1.47. The van der Waals surface area contributed by atoms with Crippen molar-refractivity contribution in [2.45, 2.75) is 13.8 Å². The SMILES string of the molecule is CCOc1ccc(OCC)c(C=CC#N)c1Br. The molecule has 3 nitrogen and oxygen atoms in total. The minimum Gasteiger partial charge on any atom is -0.493 e. The number of rotatable bonds is 5. The van der Waals surface area contributed by atoms with Crippen molar-refractivity contribution < 1.29 is 9.47 Å². The third-order valence-electron chi connectivity index (χ3n) is 2.03. The molecule has 1 aromatic carbocycles. The van der Waals surface area contributed by atoms with Crippen LogP contribution in [0.5, 0.6) is 11.5 Å². The van der Waals surface area contributed by atoms with E-state index in [1.54, 1.807) is 6.08 Å². The molecule has 0 saturated carbocycles. The molecule has 0 amide bonds. The fraction of sp³-hybridized carbons (Fsp3) is 0.308. The van der Waals surface area contributed by atoms with Crippen LogP contribution in [0.15, 0.2) is 22.7 Å². The van der Waals surface area contributed by atoms with E-state index in [0.717, 1.165) is 21.5 Å². The Balaban J connectivity index is 3.21. The molecule has 0 radical (unpaired) electrons. The summed E-state index contributed by atoms with van der Waals surface area (Å²) in [5.41, 5.74) is 0.819. The molecule has 17 heavy (non-hydrogen) atoms.